The van der Waals surface area contributed by atoms with Crippen molar-refractivity contribution in [2.24, 2.45) is 0 Å². The standard InChI is InChI=1S/C12H22N4O2/c1-10(2)15-12(3,11(17)18-4)6-5-7-16-9-13-8-14-16/h8-10,15H,5-7H2,1-4H3. The molecule has 0 radical (unpaired) electrons. The second kappa shape index (κ2) is 6.49. The maximum Gasteiger partial charge on any atom is 0.325 e. The van der Waals surface area contributed by atoms with Gasteiger partial charge in [0, 0.05) is 12.6 Å². The molecule has 18 heavy (non-hydrogen) atoms. The van der Waals surface area contributed by atoms with E-state index in [0.717, 1.165) is 13.0 Å². The lowest BCUT2D eigenvalue weighted by molar-refractivity contribution is -0.148. The van der Waals surface area contributed by atoms with Crippen molar-refractivity contribution in [1.29, 1.82) is 0 Å². The molecule has 102 valence electrons. The Morgan fingerprint density at radius 2 is 2.28 bits per heavy atom. The summed E-state index contributed by atoms with van der Waals surface area (Å²) < 4.78 is 6.62. The minimum atomic E-state index is -0.649. The molecule has 6 nitrogen and oxygen atoms in total. The second-order valence-corrected chi connectivity index (χ2v) is 4.88. The van der Waals surface area contributed by atoms with Crippen LogP contribution in [0.4, 0.5) is 0 Å². The third-order valence-electron chi connectivity index (χ3n) is 2.77. The van der Waals surface area contributed by atoms with Crippen LogP contribution >= 0.6 is 0 Å². The Morgan fingerprint density at radius 1 is 1.56 bits per heavy atom. The van der Waals surface area contributed by atoms with Gasteiger partial charge >= 0.3 is 5.97 Å². The van der Waals surface area contributed by atoms with E-state index in [2.05, 4.69) is 15.4 Å². The number of nitrogens with one attached hydrogen (secondary N) is 1. The summed E-state index contributed by atoms with van der Waals surface area (Å²) >= 11 is 0. The molecule has 0 saturated carbocycles. The van der Waals surface area contributed by atoms with Gasteiger partial charge in [-0.05, 0) is 33.6 Å². The number of ether oxygens (including phenoxy) is 1. The van der Waals surface area contributed by atoms with Crippen molar-refractivity contribution in [3.05, 3.63) is 12.7 Å². The van der Waals surface area contributed by atoms with Crippen molar-refractivity contribution in [3.63, 3.8) is 0 Å². The molecular weight excluding hydrogens is 232 g/mol. The maximum atomic E-state index is 11.8. The maximum absolute atomic E-state index is 11.8. The zero-order chi connectivity index (χ0) is 13.6. The molecule has 6 heteroatoms. The number of rotatable bonds is 7. The molecule has 0 fully saturated rings. The summed E-state index contributed by atoms with van der Waals surface area (Å²) in [6, 6.07) is 0.223. The lowest BCUT2D eigenvalue weighted by atomic mass is 9.95. The van der Waals surface area contributed by atoms with Gasteiger partial charge in [0.25, 0.3) is 0 Å². The van der Waals surface area contributed by atoms with Gasteiger partial charge in [-0.1, -0.05) is 0 Å². The van der Waals surface area contributed by atoms with Crippen LogP contribution in [0, 0.1) is 0 Å². The summed E-state index contributed by atoms with van der Waals surface area (Å²) in [4.78, 5) is 15.7. The highest BCUT2D eigenvalue weighted by Gasteiger charge is 2.34. The smallest absolute Gasteiger partial charge is 0.325 e. The van der Waals surface area contributed by atoms with Crippen molar-refractivity contribution in [1.82, 2.24) is 20.1 Å². The third kappa shape index (κ3) is 4.10. The Balaban J connectivity index is 2.53. The van der Waals surface area contributed by atoms with Gasteiger partial charge in [-0.25, -0.2) is 4.98 Å². The molecule has 0 spiro atoms. The van der Waals surface area contributed by atoms with E-state index in [4.69, 9.17) is 4.74 Å². The molecule has 0 saturated heterocycles. The van der Waals surface area contributed by atoms with E-state index >= 15 is 0 Å². The first-order chi connectivity index (χ1) is 8.48. The predicted octanol–water partition coefficient (Wildman–Crippen LogP) is 0.988. The fourth-order valence-corrected chi connectivity index (χ4v) is 2.04. The fraction of sp³-hybridized carbons (Fsp3) is 0.750. The number of carbonyl (C=O) groups excluding carboxylic acids is 1. The first kappa shape index (κ1) is 14.6. The number of aromatic nitrogens is 3. The number of carbonyl (C=O) groups is 1. The van der Waals surface area contributed by atoms with Crippen LogP contribution in [0.25, 0.3) is 0 Å². The van der Waals surface area contributed by atoms with Crippen LogP contribution in [0.3, 0.4) is 0 Å². The minimum Gasteiger partial charge on any atom is -0.468 e. The van der Waals surface area contributed by atoms with Gasteiger partial charge in [0.05, 0.1) is 7.11 Å². The molecule has 0 aliphatic heterocycles. The molecule has 1 aromatic heterocycles. The average molecular weight is 254 g/mol. The highest BCUT2D eigenvalue weighted by molar-refractivity contribution is 5.80. The largest absolute Gasteiger partial charge is 0.468 e. The number of methoxy groups -OCH3 is 1. The Kier molecular flexibility index (Phi) is 5.27. The van der Waals surface area contributed by atoms with Gasteiger partial charge in [0.15, 0.2) is 0 Å². The second-order valence-electron chi connectivity index (χ2n) is 4.88. The van der Waals surface area contributed by atoms with Crippen molar-refractivity contribution in [2.75, 3.05) is 7.11 Å². The number of nitrogens with zero attached hydrogens (tertiary/aromatic N) is 3. The van der Waals surface area contributed by atoms with Gasteiger partial charge in [-0.15, -0.1) is 0 Å². The van der Waals surface area contributed by atoms with Gasteiger partial charge < -0.3 is 4.74 Å². The summed E-state index contributed by atoms with van der Waals surface area (Å²) in [5.74, 6) is -0.227. The molecule has 1 heterocycles. The normalized spacial score (nSPS) is 14.5. The molecule has 0 aliphatic rings. The predicted molar refractivity (Wildman–Crippen MR) is 67.9 cm³/mol. The summed E-state index contributed by atoms with van der Waals surface area (Å²) in [6.45, 7) is 6.64. The van der Waals surface area contributed by atoms with E-state index in [0.29, 0.717) is 6.42 Å². The van der Waals surface area contributed by atoms with Gasteiger partial charge in [0.2, 0.25) is 0 Å². The monoisotopic (exact) mass is 254 g/mol. The molecule has 1 rings (SSSR count). The molecule has 1 N–H and O–H groups in total. The van der Waals surface area contributed by atoms with Crippen molar-refractivity contribution in [3.8, 4) is 0 Å². The SMILES string of the molecule is COC(=O)C(C)(CCCn1cncn1)NC(C)C. The van der Waals surface area contributed by atoms with Crippen molar-refractivity contribution < 1.29 is 9.53 Å². The van der Waals surface area contributed by atoms with E-state index in [9.17, 15) is 4.79 Å². The zero-order valence-electron chi connectivity index (χ0n) is 11.5. The van der Waals surface area contributed by atoms with E-state index in [-0.39, 0.29) is 12.0 Å². The molecule has 0 aliphatic carbocycles. The van der Waals surface area contributed by atoms with Gasteiger partial charge in [-0.3, -0.25) is 14.8 Å². The van der Waals surface area contributed by atoms with E-state index in [1.165, 1.54) is 13.4 Å². The highest BCUT2D eigenvalue weighted by atomic mass is 16.5. The van der Waals surface area contributed by atoms with Gasteiger partial charge in [-0.2, -0.15) is 5.10 Å². The van der Waals surface area contributed by atoms with E-state index < -0.39 is 5.54 Å². The number of aryl methyl sites for hydroxylation is 1. The summed E-state index contributed by atoms with van der Waals surface area (Å²) in [5.41, 5.74) is -0.649. The van der Waals surface area contributed by atoms with Crippen LogP contribution in [0.2, 0.25) is 0 Å². The Bertz CT molecular complexity index is 364. The molecule has 0 amide bonds. The van der Waals surface area contributed by atoms with Crippen molar-refractivity contribution in [2.45, 2.75) is 51.7 Å². The molecule has 0 bridgehead atoms. The molecular formula is C12H22N4O2. The Morgan fingerprint density at radius 3 is 2.78 bits per heavy atom. The fourth-order valence-electron chi connectivity index (χ4n) is 2.04. The minimum absolute atomic E-state index is 0.223. The van der Waals surface area contributed by atoms with Crippen LogP contribution in [0.1, 0.15) is 33.6 Å². The lowest BCUT2D eigenvalue weighted by Gasteiger charge is -2.30. The van der Waals surface area contributed by atoms with Gasteiger partial charge in [0.1, 0.15) is 18.2 Å². The van der Waals surface area contributed by atoms with E-state index in [1.54, 1.807) is 11.0 Å². The first-order valence-electron chi connectivity index (χ1n) is 6.16. The number of esters is 1. The van der Waals surface area contributed by atoms with E-state index in [1.807, 2.05) is 20.8 Å². The van der Waals surface area contributed by atoms with Crippen LogP contribution in [0.5, 0.6) is 0 Å². The van der Waals surface area contributed by atoms with Crippen LogP contribution in [-0.2, 0) is 16.1 Å². The summed E-state index contributed by atoms with van der Waals surface area (Å²) in [7, 11) is 1.42. The Labute approximate surface area is 108 Å². The summed E-state index contributed by atoms with van der Waals surface area (Å²) in [6.07, 6.45) is 4.70. The molecule has 1 atom stereocenters. The molecule has 1 aromatic rings. The number of hydrogen-bond acceptors (Lipinski definition) is 5. The molecule has 1 unspecified atom stereocenters. The quantitative estimate of drug-likeness (QED) is 0.735. The topological polar surface area (TPSA) is 69.0 Å². The first-order valence-corrected chi connectivity index (χ1v) is 6.16. The van der Waals surface area contributed by atoms with Crippen LogP contribution in [0.15, 0.2) is 12.7 Å². The van der Waals surface area contributed by atoms with Crippen LogP contribution < -0.4 is 5.32 Å². The molecule has 0 aromatic carbocycles. The highest BCUT2D eigenvalue weighted by Crippen LogP contribution is 2.16. The lowest BCUT2D eigenvalue weighted by Crippen LogP contribution is -2.53. The third-order valence-corrected chi connectivity index (χ3v) is 2.77. The zero-order valence-corrected chi connectivity index (χ0v) is 11.5. The van der Waals surface area contributed by atoms with Crippen molar-refractivity contribution >= 4 is 5.97 Å². The summed E-state index contributed by atoms with van der Waals surface area (Å²) in [5, 5.41) is 7.30. The Hall–Kier alpha value is -1.43. The number of hydrogen-bond donors (Lipinski definition) is 1. The average Bonchev–Trinajstić information content (AvgIpc) is 2.80. The van der Waals surface area contributed by atoms with Crippen LogP contribution in [-0.4, -0.2) is 39.4 Å².